The molecule has 8 nitrogen and oxygen atoms in total. The number of pyridine rings is 1. The molecule has 1 aromatic heterocycles. The van der Waals surface area contributed by atoms with Crippen LogP contribution in [-0.2, 0) is 24.8 Å². The second-order valence-corrected chi connectivity index (χ2v) is 11.0. The van der Waals surface area contributed by atoms with Crippen LogP contribution in [0.15, 0.2) is 53.3 Å². The molecule has 1 saturated heterocycles. The van der Waals surface area contributed by atoms with Crippen molar-refractivity contribution in [2.45, 2.75) is 30.7 Å². The number of amides is 1. The highest BCUT2D eigenvalue weighted by molar-refractivity contribution is 7.90. The van der Waals surface area contributed by atoms with E-state index in [4.69, 9.17) is 0 Å². The molecule has 1 amide bonds. The van der Waals surface area contributed by atoms with Crippen molar-refractivity contribution in [2.24, 2.45) is 5.92 Å². The Morgan fingerprint density at radius 2 is 1.93 bits per heavy atom. The quantitative estimate of drug-likeness (QED) is 0.708. The van der Waals surface area contributed by atoms with Crippen LogP contribution >= 0.6 is 0 Å². The zero-order valence-electron chi connectivity index (χ0n) is 16.0. The Balaban J connectivity index is 1.87. The maximum atomic E-state index is 13.6. The third-order valence-corrected chi connectivity index (χ3v) is 8.42. The molecule has 0 N–H and O–H groups in total. The van der Waals surface area contributed by atoms with Gasteiger partial charge in [-0.15, -0.1) is 0 Å². The highest BCUT2D eigenvalue weighted by Crippen LogP contribution is 2.43. The van der Waals surface area contributed by atoms with Gasteiger partial charge in [-0.2, -0.15) is 4.31 Å². The van der Waals surface area contributed by atoms with Crippen LogP contribution in [0.4, 0.5) is 0 Å². The normalized spacial score (nSPS) is 22.9. The molecule has 0 saturated carbocycles. The average molecular weight is 436 g/mol. The molecular formula is C19H21N3O5S2. The summed E-state index contributed by atoms with van der Waals surface area (Å²) in [6.07, 6.45) is 6.69. The Hall–Kier alpha value is -2.30. The molecule has 29 heavy (non-hydrogen) atoms. The number of benzene rings is 1. The fraction of sp³-hybridized carbons (Fsp3) is 0.368. The molecule has 0 bridgehead atoms. The lowest BCUT2D eigenvalue weighted by molar-refractivity contribution is -0.127. The van der Waals surface area contributed by atoms with E-state index < -0.39 is 37.9 Å². The highest BCUT2D eigenvalue weighted by atomic mass is 32.2. The zero-order chi connectivity index (χ0) is 21.0. The van der Waals surface area contributed by atoms with Crippen LogP contribution in [0.25, 0.3) is 10.8 Å². The van der Waals surface area contributed by atoms with Gasteiger partial charge in [-0.05, 0) is 24.6 Å². The van der Waals surface area contributed by atoms with E-state index in [1.165, 1.54) is 22.6 Å². The fourth-order valence-electron chi connectivity index (χ4n) is 4.20. The predicted molar refractivity (Wildman–Crippen MR) is 108 cm³/mol. The fourth-order valence-corrected chi connectivity index (χ4v) is 6.95. The van der Waals surface area contributed by atoms with E-state index in [1.807, 2.05) is 6.92 Å². The van der Waals surface area contributed by atoms with Crippen LogP contribution in [0, 0.1) is 5.92 Å². The number of aromatic nitrogens is 1. The van der Waals surface area contributed by atoms with Gasteiger partial charge in [-0.1, -0.05) is 25.5 Å². The Kier molecular flexibility index (Phi) is 4.75. The van der Waals surface area contributed by atoms with Crippen molar-refractivity contribution in [1.82, 2.24) is 13.6 Å². The minimum atomic E-state index is -4.22. The van der Waals surface area contributed by atoms with Gasteiger partial charge in [0.15, 0.2) is 0 Å². The summed E-state index contributed by atoms with van der Waals surface area (Å²) in [5, 5.41) is 1.10. The molecule has 0 spiro atoms. The third-order valence-electron chi connectivity index (χ3n) is 5.41. The first-order valence-corrected chi connectivity index (χ1v) is 12.6. The minimum absolute atomic E-state index is 0.000328. The van der Waals surface area contributed by atoms with Crippen LogP contribution in [0.3, 0.4) is 0 Å². The van der Waals surface area contributed by atoms with E-state index in [2.05, 4.69) is 4.98 Å². The lowest BCUT2D eigenvalue weighted by Gasteiger charge is -2.24. The summed E-state index contributed by atoms with van der Waals surface area (Å²) in [6, 6.07) is 5.61. The number of sulfonamides is 2. The standard InChI is InChI=1S/C19H21N3O5S2/c1-3-5-15-18-16(9-11-21(18)28(2,24)25)22(19(15)23)29(26,27)17-7-4-6-13-12-20-10-8-14(13)17/h4,6-10,12,15,18H,3,5,11H2,1-2H3/t15-,18-/m1/s1. The van der Waals surface area contributed by atoms with Gasteiger partial charge in [0, 0.05) is 29.7 Å². The maximum absolute atomic E-state index is 13.6. The Morgan fingerprint density at radius 3 is 2.62 bits per heavy atom. The summed E-state index contributed by atoms with van der Waals surface area (Å²) >= 11 is 0. The molecule has 1 fully saturated rings. The molecule has 0 unspecified atom stereocenters. The van der Waals surface area contributed by atoms with Crippen LogP contribution in [0.2, 0.25) is 0 Å². The molecule has 2 atom stereocenters. The first-order chi connectivity index (χ1) is 13.7. The molecule has 10 heteroatoms. The van der Waals surface area contributed by atoms with E-state index in [1.54, 1.807) is 24.4 Å². The molecule has 4 rings (SSSR count). The topological polar surface area (TPSA) is 105 Å². The monoisotopic (exact) mass is 435 g/mol. The first-order valence-electron chi connectivity index (χ1n) is 9.26. The van der Waals surface area contributed by atoms with Gasteiger partial charge in [0.25, 0.3) is 10.0 Å². The van der Waals surface area contributed by atoms with Gasteiger partial charge >= 0.3 is 0 Å². The van der Waals surface area contributed by atoms with Gasteiger partial charge in [-0.3, -0.25) is 9.78 Å². The van der Waals surface area contributed by atoms with Crippen molar-refractivity contribution >= 4 is 36.7 Å². The summed E-state index contributed by atoms with van der Waals surface area (Å²) in [5.74, 6) is -1.31. The number of nitrogens with zero attached hydrogens (tertiary/aromatic N) is 3. The lowest BCUT2D eigenvalue weighted by atomic mass is 9.97. The largest absolute Gasteiger partial charge is 0.273 e. The van der Waals surface area contributed by atoms with E-state index in [0.717, 1.165) is 10.6 Å². The van der Waals surface area contributed by atoms with Gasteiger partial charge < -0.3 is 0 Å². The van der Waals surface area contributed by atoms with E-state index in [9.17, 15) is 21.6 Å². The minimum Gasteiger partial charge on any atom is -0.273 e. The SMILES string of the molecule is CCC[C@H]1C(=O)N(S(=O)(=O)c2cccc3cnccc23)C2=CCN(S(C)(=O)=O)[C@@H]21. The molecule has 2 aromatic rings. The van der Waals surface area contributed by atoms with Gasteiger partial charge in [-0.25, -0.2) is 21.1 Å². The molecule has 154 valence electrons. The Morgan fingerprint density at radius 1 is 1.17 bits per heavy atom. The summed E-state index contributed by atoms with van der Waals surface area (Å²) in [7, 11) is -7.82. The number of rotatable bonds is 5. The van der Waals surface area contributed by atoms with E-state index in [-0.39, 0.29) is 17.1 Å². The van der Waals surface area contributed by atoms with Crippen molar-refractivity contribution in [3.8, 4) is 0 Å². The maximum Gasteiger partial charge on any atom is 0.271 e. The van der Waals surface area contributed by atoms with Crippen LogP contribution < -0.4 is 0 Å². The van der Waals surface area contributed by atoms with Gasteiger partial charge in [0.1, 0.15) is 0 Å². The van der Waals surface area contributed by atoms with Crippen molar-refractivity contribution in [2.75, 3.05) is 12.8 Å². The average Bonchev–Trinajstić information content (AvgIpc) is 3.20. The number of fused-ring (bicyclic) bond motifs is 2. The summed E-state index contributed by atoms with van der Waals surface area (Å²) < 4.78 is 53.7. The van der Waals surface area contributed by atoms with Crippen LogP contribution in [-0.4, -0.2) is 55.2 Å². The zero-order valence-corrected chi connectivity index (χ0v) is 17.6. The van der Waals surface area contributed by atoms with Crippen LogP contribution in [0.1, 0.15) is 19.8 Å². The lowest BCUT2D eigenvalue weighted by Crippen LogP contribution is -2.40. The van der Waals surface area contributed by atoms with E-state index in [0.29, 0.717) is 23.6 Å². The Bertz CT molecular complexity index is 1230. The summed E-state index contributed by atoms with van der Waals surface area (Å²) in [6.45, 7) is 1.93. The molecular weight excluding hydrogens is 414 g/mol. The number of carbonyl (C=O) groups is 1. The first kappa shape index (κ1) is 20.0. The predicted octanol–water partition coefficient (Wildman–Crippen LogP) is 1.71. The van der Waals surface area contributed by atoms with E-state index >= 15 is 0 Å². The molecule has 2 aliphatic rings. The van der Waals surface area contributed by atoms with Gasteiger partial charge in [0.2, 0.25) is 15.9 Å². The number of hydrogen-bond donors (Lipinski definition) is 0. The highest BCUT2D eigenvalue weighted by Gasteiger charge is 2.55. The second kappa shape index (κ2) is 6.89. The summed E-state index contributed by atoms with van der Waals surface area (Å²) in [4.78, 5) is 17.2. The molecule has 0 radical (unpaired) electrons. The van der Waals surface area contributed by atoms with Crippen LogP contribution in [0.5, 0.6) is 0 Å². The number of hydrogen-bond acceptors (Lipinski definition) is 6. The smallest absolute Gasteiger partial charge is 0.271 e. The summed E-state index contributed by atoms with van der Waals surface area (Å²) in [5.41, 5.74) is 0.227. The van der Waals surface area contributed by atoms with Crippen molar-refractivity contribution in [3.05, 3.63) is 48.4 Å². The van der Waals surface area contributed by atoms with Gasteiger partial charge in [0.05, 0.1) is 28.8 Å². The van der Waals surface area contributed by atoms with Crippen molar-refractivity contribution in [3.63, 3.8) is 0 Å². The second-order valence-electron chi connectivity index (χ2n) is 7.26. The molecule has 1 aromatic carbocycles. The van der Waals surface area contributed by atoms with Crippen molar-refractivity contribution in [1.29, 1.82) is 0 Å². The molecule has 2 aliphatic heterocycles. The van der Waals surface area contributed by atoms with Crippen molar-refractivity contribution < 1.29 is 21.6 Å². The number of carbonyl (C=O) groups excluding carboxylic acids is 1. The Labute approximate surface area is 169 Å². The molecule has 0 aliphatic carbocycles. The molecule has 3 heterocycles. The third kappa shape index (κ3) is 3.06.